The van der Waals surface area contributed by atoms with Gasteiger partial charge in [0.1, 0.15) is 17.5 Å². The quantitative estimate of drug-likeness (QED) is 0.397. The summed E-state index contributed by atoms with van der Waals surface area (Å²) >= 11 is 5.88. The second-order valence-corrected chi connectivity index (χ2v) is 7.67. The first-order valence-corrected chi connectivity index (χ1v) is 10.3. The molecule has 3 heterocycles. The molecule has 3 aromatic rings. The van der Waals surface area contributed by atoms with Crippen molar-refractivity contribution in [3.63, 3.8) is 0 Å². The van der Waals surface area contributed by atoms with E-state index < -0.39 is 18.0 Å². The summed E-state index contributed by atoms with van der Waals surface area (Å²) in [5.41, 5.74) is 1.42. The van der Waals surface area contributed by atoms with Gasteiger partial charge in [-0.3, -0.25) is 0 Å². The van der Waals surface area contributed by atoms with Crippen molar-refractivity contribution in [2.24, 2.45) is 5.92 Å². The number of aliphatic carboxylic acids is 1. The summed E-state index contributed by atoms with van der Waals surface area (Å²) in [6.45, 7) is 3.03. The van der Waals surface area contributed by atoms with Crippen LogP contribution in [0, 0.1) is 11.7 Å². The lowest BCUT2D eigenvalue weighted by Crippen LogP contribution is -2.31. The standard InChI is InChI=1S/C18H20ClFN6.C2HF3O2/c19-14-9-13(1-2-15(14)20)24-18-10-16(25-17-5-8-23-26(17)18)22-11-12-3-6-21-7-4-12;3-2(4,5)1(6)7/h1-2,5,8-10,12,21,24H,3-4,6-7,11H2,(H,22,25);(H,6,7). The molecule has 0 aliphatic carbocycles. The summed E-state index contributed by atoms with van der Waals surface area (Å²) in [4.78, 5) is 13.5. The van der Waals surface area contributed by atoms with E-state index in [1.54, 1.807) is 22.8 Å². The zero-order valence-corrected chi connectivity index (χ0v) is 17.9. The predicted octanol–water partition coefficient (Wildman–Crippen LogP) is 4.31. The Kier molecular flexibility index (Phi) is 7.92. The molecule has 0 amide bonds. The minimum absolute atomic E-state index is 0.0741. The van der Waals surface area contributed by atoms with Gasteiger partial charge in [-0.1, -0.05) is 11.6 Å². The number of fused-ring (bicyclic) bond motifs is 1. The number of carboxylic acid groups (broad SMARTS) is 1. The van der Waals surface area contributed by atoms with E-state index >= 15 is 0 Å². The highest BCUT2D eigenvalue weighted by Gasteiger charge is 2.38. The maximum Gasteiger partial charge on any atom is 0.490 e. The van der Waals surface area contributed by atoms with Crippen molar-refractivity contribution in [1.29, 1.82) is 0 Å². The maximum absolute atomic E-state index is 13.4. The second kappa shape index (κ2) is 10.7. The first-order valence-electron chi connectivity index (χ1n) is 9.95. The molecular formula is C20H21ClF4N6O2. The van der Waals surface area contributed by atoms with Gasteiger partial charge in [-0.25, -0.2) is 14.2 Å². The van der Waals surface area contributed by atoms with E-state index in [-0.39, 0.29) is 5.02 Å². The first-order chi connectivity index (χ1) is 15.6. The van der Waals surface area contributed by atoms with Gasteiger partial charge in [-0.2, -0.15) is 22.8 Å². The molecule has 0 saturated carbocycles. The van der Waals surface area contributed by atoms with Crippen LogP contribution < -0.4 is 16.0 Å². The Morgan fingerprint density at radius 3 is 2.58 bits per heavy atom. The largest absolute Gasteiger partial charge is 0.490 e. The number of carboxylic acids is 1. The van der Waals surface area contributed by atoms with Crippen LogP contribution in [0.3, 0.4) is 0 Å². The SMILES string of the molecule is Fc1ccc(Nc2cc(NCC3CCNCC3)nc3ccnn23)cc1Cl.O=C(O)C(F)(F)F. The van der Waals surface area contributed by atoms with Gasteiger partial charge >= 0.3 is 12.1 Å². The minimum Gasteiger partial charge on any atom is -0.475 e. The van der Waals surface area contributed by atoms with Crippen molar-refractivity contribution in [3.8, 4) is 0 Å². The van der Waals surface area contributed by atoms with Crippen LogP contribution in [0.25, 0.3) is 5.65 Å². The molecule has 0 unspecified atom stereocenters. The number of anilines is 3. The number of rotatable bonds is 5. The molecule has 8 nitrogen and oxygen atoms in total. The highest BCUT2D eigenvalue weighted by atomic mass is 35.5. The Labute approximate surface area is 191 Å². The fourth-order valence-electron chi connectivity index (χ4n) is 3.15. The molecular weight excluding hydrogens is 468 g/mol. The van der Waals surface area contributed by atoms with E-state index in [0.29, 0.717) is 11.6 Å². The molecule has 4 rings (SSSR count). The summed E-state index contributed by atoms with van der Waals surface area (Å²) < 4.78 is 46.8. The van der Waals surface area contributed by atoms with Crippen molar-refractivity contribution < 1.29 is 27.5 Å². The Morgan fingerprint density at radius 1 is 1.24 bits per heavy atom. The molecule has 178 valence electrons. The number of piperidine rings is 1. The first kappa shape index (κ1) is 24.5. The van der Waals surface area contributed by atoms with Crippen LogP contribution in [0.2, 0.25) is 5.02 Å². The number of nitrogens with one attached hydrogen (secondary N) is 3. The van der Waals surface area contributed by atoms with Crippen molar-refractivity contribution in [2.45, 2.75) is 19.0 Å². The number of hydrogen-bond donors (Lipinski definition) is 4. The van der Waals surface area contributed by atoms with E-state index in [4.69, 9.17) is 21.5 Å². The second-order valence-electron chi connectivity index (χ2n) is 7.26. The third kappa shape index (κ3) is 6.93. The topological polar surface area (TPSA) is 104 Å². The van der Waals surface area contributed by atoms with E-state index in [1.165, 1.54) is 18.9 Å². The smallest absolute Gasteiger partial charge is 0.475 e. The number of alkyl halides is 3. The molecule has 0 spiro atoms. The van der Waals surface area contributed by atoms with Gasteiger partial charge in [0.25, 0.3) is 0 Å². The monoisotopic (exact) mass is 488 g/mol. The zero-order chi connectivity index (χ0) is 24.0. The lowest BCUT2D eigenvalue weighted by Gasteiger charge is -2.23. The van der Waals surface area contributed by atoms with Crippen LogP contribution in [0.1, 0.15) is 12.8 Å². The normalized spacial score (nSPS) is 14.5. The average Bonchev–Trinajstić information content (AvgIpc) is 3.24. The summed E-state index contributed by atoms with van der Waals surface area (Å²) in [7, 11) is 0. The molecule has 33 heavy (non-hydrogen) atoms. The van der Waals surface area contributed by atoms with Gasteiger partial charge in [0.15, 0.2) is 5.65 Å². The Balaban J connectivity index is 0.000000383. The fraction of sp³-hybridized carbons (Fsp3) is 0.350. The summed E-state index contributed by atoms with van der Waals surface area (Å²) in [5.74, 6) is -1.04. The number of aromatic nitrogens is 3. The minimum atomic E-state index is -5.08. The van der Waals surface area contributed by atoms with Gasteiger partial charge in [0.2, 0.25) is 0 Å². The van der Waals surface area contributed by atoms with Gasteiger partial charge in [-0.05, 0) is 50.0 Å². The van der Waals surface area contributed by atoms with Crippen molar-refractivity contribution in [3.05, 3.63) is 47.4 Å². The molecule has 1 aliphatic rings. The molecule has 0 bridgehead atoms. The van der Waals surface area contributed by atoms with Gasteiger partial charge < -0.3 is 21.1 Å². The molecule has 4 N–H and O–H groups in total. The molecule has 2 aromatic heterocycles. The predicted molar refractivity (Wildman–Crippen MR) is 115 cm³/mol. The molecule has 0 atom stereocenters. The highest BCUT2D eigenvalue weighted by molar-refractivity contribution is 6.31. The number of nitrogens with zero attached hydrogens (tertiary/aromatic N) is 3. The van der Waals surface area contributed by atoms with E-state index in [2.05, 4.69) is 26.0 Å². The lowest BCUT2D eigenvalue weighted by atomic mass is 9.98. The molecule has 1 fully saturated rings. The van der Waals surface area contributed by atoms with Gasteiger partial charge in [-0.15, -0.1) is 0 Å². The van der Waals surface area contributed by atoms with Crippen molar-refractivity contribution in [2.75, 3.05) is 30.3 Å². The molecule has 0 radical (unpaired) electrons. The van der Waals surface area contributed by atoms with Crippen LogP contribution in [0.5, 0.6) is 0 Å². The maximum atomic E-state index is 13.4. The zero-order valence-electron chi connectivity index (χ0n) is 17.2. The van der Waals surface area contributed by atoms with Crippen molar-refractivity contribution in [1.82, 2.24) is 19.9 Å². The molecule has 1 saturated heterocycles. The number of carbonyl (C=O) groups is 1. The van der Waals surface area contributed by atoms with Crippen LogP contribution >= 0.6 is 11.6 Å². The number of benzene rings is 1. The number of hydrogen-bond acceptors (Lipinski definition) is 6. The van der Waals surface area contributed by atoms with Crippen LogP contribution in [-0.2, 0) is 4.79 Å². The van der Waals surface area contributed by atoms with E-state index in [1.807, 2.05) is 12.1 Å². The third-order valence-electron chi connectivity index (χ3n) is 4.82. The summed E-state index contributed by atoms with van der Waals surface area (Å²) in [6, 6.07) is 8.27. The fourth-order valence-corrected chi connectivity index (χ4v) is 3.33. The van der Waals surface area contributed by atoms with Crippen LogP contribution in [0.15, 0.2) is 36.5 Å². The van der Waals surface area contributed by atoms with Crippen LogP contribution in [-0.4, -0.2) is 51.5 Å². The third-order valence-corrected chi connectivity index (χ3v) is 5.11. The lowest BCUT2D eigenvalue weighted by molar-refractivity contribution is -0.192. The Hall–Kier alpha value is -3.12. The molecule has 1 aromatic carbocycles. The summed E-state index contributed by atoms with van der Waals surface area (Å²) in [5, 5.41) is 21.5. The Bertz CT molecular complexity index is 1100. The Morgan fingerprint density at radius 2 is 1.94 bits per heavy atom. The highest BCUT2D eigenvalue weighted by Crippen LogP contribution is 2.25. The van der Waals surface area contributed by atoms with Crippen molar-refractivity contribution >= 4 is 40.5 Å². The number of halogens is 5. The molecule has 13 heteroatoms. The van der Waals surface area contributed by atoms with E-state index in [9.17, 15) is 17.6 Å². The molecule has 1 aliphatic heterocycles. The summed E-state index contributed by atoms with van der Waals surface area (Å²) in [6.07, 6.45) is -1.05. The van der Waals surface area contributed by atoms with Crippen LogP contribution in [0.4, 0.5) is 34.9 Å². The van der Waals surface area contributed by atoms with Gasteiger partial charge in [0, 0.05) is 24.4 Å². The van der Waals surface area contributed by atoms with Gasteiger partial charge in [0.05, 0.1) is 11.2 Å². The van der Waals surface area contributed by atoms with E-state index in [0.717, 1.165) is 36.9 Å². The average molecular weight is 489 g/mol.